The predicted octanol–water partition coefficient (Wildman–Crippen LogP) is 4.68. The highest BCUT2D eigenvalue weighted by atomic mass is 127. The molecule has 2 aromatic carbocycles. The van der Waals surface area contributed by atoms with E-state index in [9.17, 15) is 0 Å². The van der Waals surface area contributed by atoms with Gasteiger partial charge in [0.25, 0.3) is 0 Å². The number of ether oxygens (including phenoxy) is 1. The standard InChI is InChI=1S/C17H15ClINO/c1-21-17(10-16-11-20-16,12-2-6-14(18)7-3-12)13-4-8-15(19)9-5-13/h2-9H,10-11H2,1H3. The van der Waals surface area contributed by atoms with Gasteiger partial charge in [0.2, 0.25) is 0 Å². The first-order chi connectivity index (χ1) is 10.1. The summed E-state index contributed by atoms with van der Waals surface area (Å²) in [5.41, 5.74) is 2.95. The van der Waals surface area contributed by atoms with E-state index >= 15 is 0 Å². The van der Waals surface area contributed by atoms with Crippen LogP contribution in [0.2, 0.25) is 5.02 Å². The molecule has 2 aromatic rings. The molecular weight excluding hydrogens is 397 g/mol. The molecule has 0 spiro atoms. The van der Waals surface area contributed by atoms with E-state index in [0.29, 0.717) is 0 Å². The maximum atomic E-state index is 6.02. The molecule has 0 radical (unpaired) electrons. The minimum absolute atomic E-state index is 0.496. The van der Waals surface area contributed by atoms with Crippen molar-refractivity contribution in [3.8, 4) is 0 Å². The molecule has 0 aromatic heterocycles. The Bertz CT molecular complexity index is 619. The van der Waals surface area contributed by atoms with Crippen LogP contribution >= 0.6 is 34.2 Å². The van der Waals surface area contributed by atoms with E-state index in [0.717, 1.165) is 29.1 Å². The van der Waals surface area contributed by atoms with E-state index in [2.05, 4.69) is 51.8 Å². The Morgan fingerprint density at radius 2 is 1.62 bits per heavy atom. The third-order valence-corrected chi connectivity index (χ3v) is 4.78. The fourth-order valence-corrected chi connectivity index (χ4v) is 3.06. The first-order valence-electron chi connectivity index (χ1n) is 6.73. The second-order valence-corrected chi connectivity index (χ2v) is 6.79. The van der Waals surface area contributed by atoms with Gasteiger partial charge in [-0.05, 0) is 58.0 Å². The summed E-state index contributed by atoms with van der Waals surface area (Å²) in [5.74, 6) is 0. The lowest BCUT2D eigenvalue weighted by Crippen LogP contribution is -2.31. The highest BCUT2D eigenvalue weighted by Crippen LogP contribution is 2.39. The number of hydrogen-bond acceptors (Lipinski definition) is 2. The quantitative estimate of drug-likeness (QED) is 0.655. The second kappa shape index (κ2) is 6.07. The number of methoxy groups -OCH3 is 1. The van der Waals surface area contributed by atoms with Crippen LogP contribution in [0.15, 0.2) is 53.5 Å². The SMILES string of the molecule is COC(CC1=NC1)(c1ccc(Cl)cc1)c1ccc(I)cc1. The van der Waals surface area contributed by atoms with E-state index in [-0.39, 0.29) is 0 Å². The molecule has 0 amide bonds. The molecule has 0 fully saturated rings. The molecule has 0 N–H and O–H groups in total. The Hall–Kier alpha value is -0.910. The zero-order valence-electron chi connectivity index (χ0n) is 11.6. The minimum atomic E-state index is -0.496. The van der Waals surface area contributed by atoms with Crippen molar-refractivity contribution in [1.82, 2.24) is 0 Å². The smallest absolute Gasteiger partial charge is 0.123 e. The van der Waals surface area contributed by atoms with E-state index in [1.807, 2.05) is 24.3 Å². The molecule has 1 heterocycles. The lowest BCUT2D eigenvalue weighted by atomic mass is 9.82. The zero-order chi connectivity index (χ0) is 14.9. The average Bonchev–Trinajstić information content (AvgIpc) is 3.31. The van der Waals surface area contributed by atoms with Crippen molar-refractivity contribution in [2.45, 2.75) is 12.0 Å². The summed E-state index contributed by atoms with van der Waals surface area (Å²) in [4.78, 5) is 4.33. The number of aliphatic imine (C=N–C) groups is 1. The summed E-state index contributed by atoms with van der Waals surface area (Å²) in [6.45, 7) is 0.850. The Kier molecular flexibility index (Phi) is 4.33. The van der Waals surface area contributed by atoms with Gasteiger partial charge in [0, 0.05) is 27.8 Å². The Morgan fingerprint density at radius 1 is 1.10 bits per heavy atom. The maximum Gasteiger partial charge on any atom is 0.123 e. The van der Waals surface area contributed by atoms with Gasteiger partial charge in [-0.3, -0.25) is 4.99 Å². The van der Waals surface area contributed by atoms with E-state index < -0.39 is 5.60 Å². The molecule has 108 valence electrons. The number of rotatable bonds is 5. The van der Waals surface area contributed by atoms with Gasteiger partial charge in [-0.25, -0.2) is 0 Å². The van der Waals surface area contributed by atoms with E-state index in [4.69, 9.17) is 16.3 Å². The number of benzene rings is 2. The molecule has 21 heavy (non-hydrogen) atoms. The highest BCUT2D eigenvalue weighted by molar-refractivity contribution is 14.1. The highest BCUT2D eigenvalue weighted by Gasteiger charge is 2.37. The van der Waals surface area contributed by atoms with Crippen LogP contribution < -0.4 is 0 Å². The summed E-state index contributed by atoms with van der Waals surface area (Å²) in [6.07, 6.45) is 0.783. The van der Waals surface area contributed by atoms with Gasteiger partial charge in [-0.15, -0.1) is 0 Å². The molecule has 1 aliphatic heterocycles. The monoisotopic (exact) mass is 411 g/mol. The van der Waals surface area contributed by atoms with Crippen LogP contribution in [0.25, 0.3) is 0 Å². The first kappa shape index (κ1) is 15.0. The van der Waals surface area contributed by atoms with Crippen molar-refractivity contribution >= 4 is 39.9 Å². The van der Waals surface area contributed by atoms with Gasteiger partial charge >= 0.3 is 0 Å². The van der Waals surface area contributed by atoms with Crippen LogP contribution in [-0.4, -0.2) is 19.4 Å². The van der Waals surface area contributed by atoms with Gasteiger partial charge in [0.15, 0.2) is 0 Å². The van der Waals surface area contributed by atoms with E-state index in [1.165, 1.54) is 9.28 Å². The summed E-state index contributed by atoms with van der Waals surface area (Å²) in [5, 5.41) is 0.732. The van der Waals surface area contributed by atoms with Gasteiger partial charge in [-0.2, -0.15) is 0 Å². The number of nitrogens with zero attached hydrogens (tertiary/aromatic N) is 1. The van der Waals surface area contributed by atoms with Crippen LogP contribution in [0.4, 0.5) is 0 Å². The Labute approximate surface area is 143 Å². The molecule has 0 saturated heterocycles. The predicted molar refractivity (Wildman–Crippen MR) is 95.3 cm³/mol. The molecule has 0 saturated carbocycles. The van der Waals surface area contributed by atoms with Crippen LogP contribution in [0.3, 0.4) is 0 Å². The zero-order valence-corrected chi connectivity index (χ0v) is 14.6. The third kappa shape index (κ3) is 3.15. The molecule has 0 bridgehead atoms. The second-order valence-electron chi connectivity index (χ2n) is 5.10. The van der Waals surface area contributed by atoms with Gasteiger partial charge in [-0.1, -0.05) is 35.9 Å². The Morgan fingerprint density at radius 3 is 2.10 bits per heavy atom. The summed E-state index contributed by atoms with van der Waals surface area (Å²) in [7, 11) is 1.76. The fraction of sp³-hybridized carbons (Fsp3) is 0.235. The lowest BCUT2D eigenvalue weighted by molar-refractivity contribution is 0.0288. The molecule has 1 unspecified atom stereocenters. The summed E-state index contributed by atoms with van der Waals surface area (Å²) < 4.78 is 7.22. The Balaban J connectivity index is 2.10. The van der Waals surface area contributed by atoms with Crippen LogP contribution in [0.5, 0.6) is 0 Å². The third-order valence-electron chi connectivity index (χ3n) is 3.80. The van der Waals surface area contributed by atoms with Crippen molar-refractivity contribution in [3.05, 3.63) is 68.3 Å². The van der Waals surface area contributed by atoms with Crippen LogP contribution in [-0.2, 0) is 10.3 Å². The largest absolute Gasteiger partial charge is 0.368 e. The van der Waals surface area contributed by atoms with Crippen molar-refractivity contribution in [2.75, 3.05) is 13.7 Å². The van der Waals surface area contributed by atoms with Crippen molar-refractivity contribution in [3.63, 3.8) is 0 Å². The minimum Gasteiger partial charge on any atom is -0.368 e. The lowest BCUT2D eigenvalue weighted by Gasteiger charge is -2.33. The first-order valence-corrected chi connectivity index (χ1v) is 8.19. The maximum absolute atomic E-state index is 6.02. The van der Waals surface area contributed by atoms with Gasteiger partial charge < -0.3 is 4.74 Å². The molecule has 4 heteroatoms. The molecule has 0 aliphatic carbocycles. The summed E-state index contributed by atoms with van der Waals surface area (Å²) in [6, 6.07) is 16.4. The number of hydrogen-bond donors (Lipinski definition) is 0. The molecule has 2 nitrogen and oxygen atoms in total. The number of halogens is 2. The van der Waals surface area contributed by atoms with Gasteiger partial charge in [0.1, 0.15) is 5.60 Å². The fourth-order valence-electron chi connectivity index (χ4n) is 2.57. The molecule has 1 atom stereocenters. The van der Waals surface area contributed by atoms with Crippen molar-refractivity contribution in [2.24, 2.45) is 4.99 Å². The van der Waals surface area contributed by atoms with Crippen LogP contribution in [0.1, 0.15) is 17.5 Å². The van der Waals surface area contributed by atoms with Crippen LogP contribution in [0, 0.1) is 3.57 Å². The average molecular weight is 412 g/mol. The molecular formula is C17H15ClINO. The molecule has 1 aliphatic rings. The normalized spacial score (nSPS) is 16.2. The van der Waals surface area contributed by atoms with E-state index in [1.54, 1.807) is 7.11 Å². The van der Waals surface area contributed by atoms with Gasteiger partial charge in [0.05, 0.1) is 6.54 Å². The molecule has 3 rings (SSSR count). The van der Waals surface area contributed by atoms with Crippen molar-refractivity contribution < 1.29 is 4.74 Å². The van der Waals surface area contributed by atoms with Crippen molar-refractivity contribution in [1.29, 1.82) is 0 Å². The summed E-state index contributed by atoms with van der Waals surface area (Å²) >= 11 is 8.34. The topological polar surface area (TPSA) is 21.6 Å².